The fourth-order valence-corrected chi connectivity index (χ4v) is 4.55. The van der Waals surface area contributed by atoms with E-state index in [2.05, 4.69) is 24.3 Å². The molecule has 0 heterocycles. The number of aliphatic hydroxyl groups is 1. The number of hydrogen-bond acceptors (Lipinski definition) is 2. The molecule has 0 radical (unpaired) electrons. The van der Waals surface area contributed by atoms with E-state index in [1.807, 2.05) is 0 Å². The third-order valence-electron chi connectivity index (χ3n) is 5.78. The predicted octanol–water partition coefficient (Wildman–Crippen LogP) is 3.51. The first-order valence-electron chi connectivity index (χ1n) is 8.23. The molecule has 1 unspecified atom stereocenters. The van der Waals surface area contributed by atoms with Gasteiger partial charge >= 0.3 is 0 Å². The van der Waals surface area contributed by atoms with Gasteiger partial charge in [-0.1, -0.05) is 49.9 Å². The maximum atomic E-state index is 11.6. The van der Waals surface area contributed by atoms with Crippen molar-refractivity contribution in [2.24, 2.45) is 11.1 Å². The monoisotopic (exact) mass is 273 g/mol. The van der Waals surface area contributed by atoms with Crippen LogP contribution in [0.5, 0.6) is 0 Å². The van der Waals surface area contributed by atoms with Crippen molar-refractivity contribution in [3.05, 3.63) is 35.4 Å². The van der Waals surface area contributed by atoms with Crippen LogP contribution in [-0.4, -0.2) is 11.7 Å². The van der Waals surface area contributed by atoms with Gasteiger partial charge in [0.15, 0.2) is 0 Å². The molecule has 2 aliphatic carbocycles. The third-order valence-corrected chi connectivity index (χ3v) is 5.78. The summed E-state index contributed by atoms with van der Waals surface area (Å²) in [6.45, 7) is 0.609. The van der Waals surface area contributed by atoms with Crippen molar-refractivity contribution in [1.82, 2.24) is 0 Å². The Kier molecular flexibility index (Phi) is 3.87. The zero-order valence-corrected chi connectivity index (χ0v) is 12.4. The number of rotatable bonds is 2. The number of fused-ring (bicyclic) bond motifs is 1. The number of aryl methyl sites for hydroxylation is 1. The fraction of sp³-hybridized carbons (Fsp3) is 0.667. The quantitative estimate of drug-likeness (QED) is 0.810. The largest absolute Gasteiger partial charge is 0.385 e. The maximum Gasteiger partial charge on any atom is 0.0967 e. The number of benzene rings is 1. The molecule has 1 aromatic rings. The van der Waals surface area contributed by atoms with Crippen LogP contribution in [0.1, 0.15) is 62.5 Å². The molecule has 3 rings (SSSR count). The van der Waals surface area contributed by atoms with Crippen molar-refractivity contribution in [3.63, 3.8) is 0 Å². The highest BCUT2D eigenvalue weighted by molar-refractivity contribution is 5.37. The minimum Gasteiger partial charge on any atom is -0.385 e. The van der Waals surface area contributed by atoms with E-state index >= 15 is 0 Å². The van der Waals surface area contributed by atoms with Gasteiger partial charge in [-0.05, 0) is 43.2 Å². The highest BCUT2D eigenvalue weighted by Crippen LogP contribution is 2.53. The van der Waals surface area contributed by atoms with Crippen molar-refractivity contribution < 1.29 is 5.11 Å². The van der Waals surface area contributed by atoms with E-state index in [-0.39, 0.29) is 5.41 Å². The van der Waals surface area contributed by atoms with Crippen LogP contribution in [0.4, 0.5) is 0 Å². The van der Waals surface area contributed by atoms with E-state index in [1.165, 1.54) is 36.8 Å². The molecule has 0 saturated heterocycles. The van der Waals surface area contributed by atoms with Crippen LogP contribution in [0.2, 0.25) is 0 Å². The standard InChI is InChI=1S/C18H27NO/c19-14-17(11-5-1-2-6-12-17)18(20)13-7-9-15-8-3-4-10-16(15)18/h3-4,8,10,20H,1-2,5-7,9,11-14,19H2. The SMILES string of the molecule is NCC1(C2(O)CCCc3ccccc32)CCCCCC1. The molecular weight excluding hydrogens is 246 g/mol. The lowest BCUT2D eigenvalue weighted by atomic mass is 9.59. The van der Waals surface area contributed by atoms with Gasteiger partial charge in [0.05, 0.1) is 5.60 Å². The van der Waals surface area contributed by atoms with Gasteiger partial charge in [-0.2, -0.15) is 0 Å². The minimum atomic E-state index is -0.707. The smallest absolute Gasteiger partial charge is 0.0967 e. The molecule has 1 fully saturated rings. The summed E-state index contributed by atoms with van der Waals surface area (Å²) in [6, 6.07) is 8.47. The van der Waals surface area contributed by atoms with Crippen LogP contribution in [0.3, 0.4) is 0 Å². The predicted molar refractivity (Wildman–Crippen MR) is 82.5 cm³/mol. The van der Waals surface area contributed by atoms with Crippen LogP contribution >= 0.6 is 0 Å². The zero-order valence-electron chi connectivity index (χ0n) is 12.4. The summed E-state index contributed by atoms with van der Waals surface area (Å²) in [5.41, 5.74) is 7.90. The molecule has 1 atom stereocenters. The number of nitrogens with two attached hydrogens (primary N) is 1. The van der Waals surface area contributed by atoms with Crippen molar-refractivity contribution in [1.29, 1.82) is 0 Å². The topological polar surface area (TPSA) is 46.2 Å². The lowest BCUT2D eigenvalue weighted by Gasteiger charge is -2.50. The van der Waals surface area contributed by atoms with Gasteiger partial charge in [-0.15, -0.1) is 0 Å². The lowest BCUT2D eigenvalue weighted by Crippen LogP contribution is -2.52. The van der Waals surface area contributed by atoms with Gasteiger partial charge < -0.3 is 10.8 Å². The summed E-state index contributed by atoms with van der Waals surface area (Å²) in [6.07, 6.45) is 10.2. The second-order valence-electron chi connectivity index (χ2n) is 6.77. The molecule has 3 N–H and O–H groups in total. The molecule has 2 nitrogen and oxygen atoms in total. The van der Waals surface area contributed by atoms with Gasteiger partial charge in [0, 0.05) is 12.0 Å². The summed E-state index contributed by atoms with van der Waals surface area (Å²) < 4.78 is 0. The Balaban J connectivity index is 2.06. The summed E-state index contributed by atoms with van der Waals surface area (Å²) in [5.74, 6) is 0. The van der Waals surface area contributed by atoms with Gasteiger partial charge in [-0.3, -0.25) is 0 Å². The molecule has 0 aromatic heterocycles. The molecule has 1 aromatic carbocycles. The molecule has 2 heteroatoms. The minimum absolute atomic E-state index is 0.111. The van der Waals surface area contributed by atoms with Crippen LogP contribution in [0.15, 0.2) is 24.3 Å². The van der Waals surface area contributed by atoms with E-state index in [1.54, 1.807) is 0 Å². The second-order valence-corrected chi connectivity index (χ2v) is 6.77. The second kappa shape index (κ2) is 5.50. The summed E-state index contributed by atoms with van der Waals surface area (Å²) in [7, 11) is 0. The summed E-state index contributed by atoms with van der Waals surface area (Å²) in [4.78, 5) is 0. The van der Waals surface area contributed by atoms with Gasteiger partial charge in [0.25, 0.3) is 0 Å². The first kappa shape index (κ1) is 14.1. The van der Waals surface area contributed by atoms with Gasteiger partial charge in [-0.25, -0.2) is 0 Å². The van der Waals surface area contributed by atoms with Crippen LogP contribution in [0, 0.1) is 5.41 Å². The molecule has 2 aliphatic rings. The Morgan fingerprint density at radius 1 is 0.950 bits per heavy atom. The van der Waals surface area contributed by atoms with Crippen LogP contribution in [-0.2, 0) is 12.0 Å². The Morgan fingerprint density at radius 2 is 1.65 bits per heavy atom. The first-order valence-corrected chi connectivity index (χ1v) is 8.23. The van der Waals surface area contributed by atoms with E-state index in [0.717, 1.165) is 32.1 Å². The van der Waals surface area contributed by atoms with Crippen molar-refractivity contribution in [3.8, 4) is 0 Å². The lowest BCUT2D eigenvalue weighted by molar-refractivity contribution is -0.108. The third kappa shape index (κ3) is 2.10. The average Bonchev–Trinajstić information content (AvgIpc) is 2.74. The summed E-state index contributed by atoms with van der Waals surface area (Å²) in [5, 5.41) is 11.6. The number of hydrogen-bond donors (Lipinski definition) is 2. The van der Waals surface area contributed by atoms with Gasteiger partial charge in [0.2, 0.25) is 0 Å². The molecule has 1 saturated carbocycles. The normalized spacial score (nSPS) is 29.5. The van der Waals surface area contributed by atoms with E-state index in [9.17, 15) is 5.11 Å². The molecule has 0 amide bonds. The summed E-state index contributed by atoms with van der Waals surface area (Å²) >= 11 is 0. The highest BCUT2D eigenvalue weighted by atomic mass is 16.3. The first-order chi connectivity index (χ1) is 9.72. The Hall–Kier alpha value is -0.860. The van der Waals surface area contributed by atoms with E-state index in [0.29, 0.717) is 6.54 Å². The van der Waals surface area contributed by atoms with Crippen molar-refractivity contribution in [2.75, 3.05) is 6.54 Å². The van der Waals surface area contributed by atoms with E-state index in [4.69, 9.17) is 5.73 Å². The van der Waals surface area contributed by atoms with Gasteiger partial charge in [0.1, 0.15) is 0 Å². The fourth-order valence-electron chi connectivity index (χ4n) is 4.55. The van der Waals surface area contributed by atoms with E-state index < -0.39 is 5.60 Å². The molecule has 0 bridgehead atoms. The molecule has 0 aliphatic heterocycles. The Bertz CT molecular complexity index is 462. The molecular formula is C18H27NO. The average molecular weight is 273 g/mol. The van der Waals surface area contributed by atoms with Crippen LogP contribution in [0.25, 0.3) is 0 Å². The Morgan fingerprint density at radius 3 is 2.35 bits per heavy atom. The molecule has 20 heavy (non-hydrogen) atoms. The van der Waals surface area contributed by atoms with Crippen molar-refractivity contribution >= 4 is 0 Å². The Labute approximate surface area is 122 Å². The van der Waals surface area contributed by atoms with Crippen molar-refractivity contribution in [2.45, 2.75) is 63.4 Å². The van der Waals surface area contributed by atoms with Crippen LogP contribution < -0.4 is 5.73 Å². The zero-order chi connectivity index (χ0) is 14.1. The highest BCUT2D eigenvalue weighted by Gasteiger charge is 2.51. The molecule has 110 valence electrons. The molecule has 0 spiro atoms. The maximum absolute atomic E-state index is 11.6.